The molecule has 0 aliphatic rings. The molecule has 1 N–H and O–H groups in total. The maximum atomic E-state index is 13.6. The molecule has 0 atom stereocenters. The number of carbonyl (C=O) groups excluding carboxylic acids is 1. The zero-order valence-corrected chi connectivity index (χ0v) is 13.5. The maximum absolute atomic E-state index is 13.6. The summed E-state index contributed by atoms with van der Waals surface area (Å²) in [7, 11) is 0. The Morgan fingerprint density at radius 1 is 1.27 bits per heavy atom. The van der Waals surface area contributed by atoms with Gasteiger partial charge in [0.2, 0.25) is 0 Å². The van der Waals surface area contributed by atoms with E-state index in [1.165, 1.54) is 12.1 Å². The van der Waals surface area contributed by atoms with Crippen molar-refractivity contribution in [2.75, 3.05) is 11.9 Å². The molecule has 22 heavy (non-hydrogen) atoms. The van der Waals surface area contributed by atoms with Gasteiger partial charge in [-0.3, -0.25) is 5.32 Å². The van der Waals surface area contributed by atoms with Crippen molar-refractivity contribution in [3.05, 3.63) is 58.3 Å². The molecule has 0 bridgehead atoms. The van der Waals surface area contributed by atoms with E-state index in [9.17, 15) is 9.18 Å². The molecular weight excluding hydrogens is 353 g/mol. The molecule has 0 radical (unpaired) electrons. The summed E-state index contributed by atoms with van der Waals surface area (Å²) >= 11 is 3.08. The standard InChI is InChI=1S/C16H15BrFNO3/c1-2-21-15-8-12(17)13(18)9-14(15)19-16(20)22-10-11-6-4-3-5-7-11/h3-9H,2,10H2,1H3,(H,19,20). The van der Waals surface area contributed by atoms with E-state index < -0.39 is 11.9 Å². The predicted octanol–water partition coefficient (Wildman–Crippen LogP) is 4.74. The number of halogens is 2. The first-order valence-corrected chi connectivity index (χ1v) is 7.49. The molecule has 2 aromatic rings. The van der Waals surface area contributed by atoms with E-state index in [2.05, 4.69) is 21.2 Å². The van der Waals surface area contributed by atoms with Gasteiger partial charge < -0.3 is 9.47 Å². The summed E-state index contributed by atoms with van der Waals surface area (Å²) in [5, 5.41) is 2.49. The Morgan fingerprint density at radius 2 is 2.00 bits per heavy atom. The van der Waals surface area contributed by atoms with Gasteiger partial charge in [-0.2, -0.15) is 0 Å². The number of ether oxygens (including phenoxy) is 2. The van der Waals surface area contributed by atoms with Crippen LogP contribution in [-0.4, -0.2) is 12.7 Å². The highest BCUT2D eigenvalue weighted by Gasteiger charge is 2.13. The molecule has 0 aromatic heterocycles. The van der Waals surface area contributed by atoms with Crippen molar-refractivity contribution in [2.45, 2.75) is 13.5 Å². The summed E-state index contributed by atoms with van der Waals surface area (Å²) in [6, 6.07) is 11.9. The Bertz CT molecular complexity index is 649. The van der Waals surface area contributed by atoms with Crippen LogP contribution in [0.15, 0.2) is 46.9 Å². The van der Waals surface area contributed by atoms with E-state index in [1.807, 2.05) is 30.3 Å². The highest BCUT2D eigenvalue weighted by Crippen LogP contribution is 2.31. The SMILES string of the molecule is CCOc1cc(Br)c(F)cc1NC(=O)OCc1ccccc1. The van der Waals surface area contributed by atoms with Crippen LogP contribution in [0.25, 0.3) is 0 Å². The lowest BCUT2D eigenvalue weighted by molar-refractivity contribution is 0.155. The largest absolute Gasteiger partial charge is 0.492 e. The van der Waals surface area contributed by atoms with E-state index in [0.29, 0.717) is 12.4 Å². The number of hydrogen-bond donors (Lipinski definition) is 1. The first-order chi connectivity index (χ1) is 10.6. The molecule has 0 saturated carbocycles. The summed E-state index contributed by atoms with van der Waals surface area (Å²) < 4.78 is 24.3. The average molecular weight is 368 g/mol. The van der Waals surface area contributed by atoms with Crippen LogP contribution in [-0.2, 0) is 11.3 Å². The van der Waals surface area contributed by atoms with Gasteiger partial charge in [-0.25, -0.2) is 9.18 Å². The van der Waals surface area contributed by atoms with Gasteiger partial charge in [-0.15, -0.1) is 0 Å². The number of carbonyl (C=O) groups is 1. The van der Waals surface area contributed by atoms with Gasteiger partial charge in [-0.05, 0) is 34.5 Å². The lowest BCUT2D eigenvalue weighted by atomic mass is 10.2. The summed E-state index contributed by atoms with van der Waals surface area (Å²) in [6.07, 6.45) is -0.675. The van der Waals surface area contributed by atoms with Gasteiger partial charge in [0, 0.05) is 6.07 Å². The van der Waals surface area contributed by atoms with Gasteiger partial charge >= 0.3 is 6.09 Å². The second-order valence-electron chi connectivity index (χ2n) is 4.38. The molecule has 0 spiro atoms. The van der Waals surface area contributed by atoms with Gasteiger partial charge in [-0.1, -0.05) is 30.3 Å². The number of amides is 1. The molecule has 0 aliphatic carbocycles. The second kappa shape index (κ2) is 7.79. The molecule has 0 fully saturated rings. The summed E-state index contributed by atoms with van der Waals surface area (Å²) in [4.78, 5) is 11.8. The van der Waals surface area contributed by atoms with Crippen molar-refractivity contribution in [3.63, 3.8) is 0 Å². The fourth-order valence-corrected chi connectivity index (χ4v) is 2.09. The predicted molar refractivity (Wildman–Crippen MR) is 85.5 cm³/mol. The number of hydrogen-bond acceptors (Lipinski definition) is 3. The molecule has 0 heterocycles. The Hall–Kier alpha value is -2.08. The minimum atomic E-state index is -0.675. The van der Waals surface area contributed by atoms with Crippen LogP contribution in [0.5, 0.6) is 5.75 Å². The number of anilines is 1. The molecule has 4 nitrogen and oxygen atoms in total. The summed E-state index contributed by atoms with van der Waals surface area (Å²) in [6.45, 7) is 2.33. The minimum absolute atomic E-state index is 0.135. The van der Waals surface area contributed by atoms with Crippen molar-refractivity contribution >= 4 is 27.7 Å². The number of benzene rings is 2. The Labute approximate surface area is 136 Å². The zero-order valence-electron chi connectivity index (χ0n) is 11.9. The molecular formula is C16H15BrFNO3. The van der Waals surface area contributed by atoms with Gasteiger partial charge in [0.15, 0.2) is 0 Å². The summed E-state index contributed by atoms with van der Waals surface area (Å²) in [5.74, 6) is -0.130. The summed E-state index contributed by atoms with van der Waals surface area (Å²) in [5.41, 5.74) is 1.09. The third-order valence-corrected chi connectivity index (χ3v) is 3.38. The van der Waals surface area contributed by atoms with Crippen LogP contribution < -0.4 is 10.1 Å². The first-order valence-electron chi connectivity index (χ1n) is 6.69. The van der Waals surface area contributed by atoms with Crippen molar-refractivity contribution in [2.24, 2.45) is 0 Å². The fourth-order valence-electron chi connectivity index (χ4n) is 1.77. The smallest absolute Gasteiger partial charge is 0.412 e. The van der Waals surface area contributed by atoms with Crippen LogP contribution >= 0.6 is 15.9 Å². The second-order valence-corrected chi connectivity index (χ2v) is 5.24. The topological polar surface area (TPSA) is 47.6 Å². The highest BCUT2D eigenvalue weighted by atomic mass is 79.9. The Morgan fingerprint density at radius 3 is 2.68 bits per heavy atom. The average Bonchev–Trinajstić information content (AvgIpc) is 2.51. The van der Waals surface area contributed by atoms with Gasteiger partial charge in [0.1, 0.15) is 18.2 Å². The molecule has 0 unspecified atom stereocenters. The van der Waals surface area contributed by atoms with E-state index in [4.69, 9.17) is 9.47 Å². The van der Waals surface area contributed by atoms with Crippen LogP contribution in [0, 0.1) is 5.82 Å². The molecule has 2 rings (SSSR count). The highest BCUT2D eigenvalue weighted by molar-refractivity contribution is 9.10. The normalized spacial score (nSPS) is 10.1. The molecule has 116 valence electrons. The third-order valence-electron chi connectivity index (χ3n) is 2.77. The monoisotopic (exact) mass is 367 g/mol. The van der Waals surface area contributed by atoms with E-state index >= 15 is 0 Å². The van der Waals surface area contributed by atoms with Crippen LogP contribution in [0.3, 0.4) is 0 Å². The first kappa shape index (κ1) is 16.3. The lowest BCUT2D eigenvalue weighted by Crippen LogP contribution is -2.14. The van der Waals surface area contributed by atoms with Crippen LogP contribution in [0.2, 0.25) is 0 Å². The lowest BCUT2D eigenvalue weighted by Gasteiger charge is -2.13. The van der Waals surface area contributed by atoms with Crippen molar-refractivity contribution < 1.29 is 18.7 Å². The van der Waals surface area contributed by atoms with Crippen LogP contribution in [0.4, 0.5) is 14.9 Å². The molecule has 6 heteroatoms. The maximum Gasteiger partial charge on any atom is 0.412 e. The van der Waals surface area contributed by atoms with Gasteiger partial charge in [0.05, 0.1) is 16.8 Å². The number of rotatable bonds is 5. The van der Waals surface area contributed by atoms with Crippen LogP contribution in [0.1, 0.15) is 12.5 Å². The zero-order chi connectivity index (χ0) is 15.9. The van der Waals surface area contributed by atoms with E-state index in [1.54, 1.807) is 6.92 Å². The van der Waals surface area contributed by atoms with Crippen molar-refractivity contribution in [1.29, 1.82) is 0 Å². The van der Waals surface area contributed by atoms with E-state index in [0.717, 1.165) is 5.56 Å². The molecule has 2 aromatic carbocycles. The third kappa shape index (κ3) is 4.46. The van der Waals surface area contributed by atoms with Gasteiger partial charge in [0.25, 0.3) is 0 Å². The van der Waals surface area contributed by atoms with Crippen molar-refractivity contribution in [1.82, 2.24) is 0 Å². The van der Waals surface area contributed by atoms with Crippen molar-refractivity contribution in [3.8, 4) is 5.75 Å². The quantitative estimate of drug-likeness (QED) is 0.830. The molecule has 1 amide bonds. The molecule has 0 aliphatic heterocycles. The number of nitrogens with one attached hydrogen (secondary N) is 1. The Kier molecular flexibility index (Phi) is 5.77. The minimum Gasteiger partial charge on any atom is -0.492 e. The Balaban J connectivity index is 2.03. The molecule has 0 saturated heterocycles. The fraction of sp³-hybridized carbons (Fsp3) is 0.188. The van der Waals surface area contributed by atoms with E-state index in [-0.39, 0.29) is 16.8 Å².